The summed E-state index contributed by atoms with van der Waals surface area (Å²) in [5.41, 5.74) is 3.23. The molecule has 1 unspecified atom stereocenters. The van der Waals surface area contributed by atoms with E-state index in [9.17, 15) is 14.4 Å². The Bertz CT molecular complexity index is 1430. The lowest BCUT2D eigenvalue weighted by Gasteiger charge is -2.18. The fourth-order valence-electron chi connectivity index (χ4n) is 4.25. The van der Waals surface area contributed by atoms with Gasteiger partial charge in [0, 0.05) is 30.8 Å². The molecule has 1 aromatic heterocycles. The van der Waals surface area contributed by atoms with Crippen molar-refractivity contribution in [1.82, 2.24) is 4.57 Å². The maximum absolute atomic E-state index is 13.7. The van der Waals surface area contributed by atoms with Gasteiger partial charge in [-0.2, -0.15) is 0 Å². The summed E-state index contributed by atoms with van der Waals surface area (Å²) in [6, 6.07) is 25.6. The molecule has 0 spiro atoms. The molecule has 0 fully saturated rings. The first-order valence-corrected chi connectivity index (χ1v) is 12.5. The van der Waals surface area contributed by atoms with Gasteiger partial charge in [-0.1, -0.05) is 72.8 Å². The van der Waals surface area contributed by atoms with Gasteiger partial charge in [0.25, 0.3) is 5.91 Å². The van der Waals surface area contributed by atoms with Crippen LogP contribution in [0.15, 0.2) is 91.1 Å². The molecule has 39 heavy (non-hydrogen) atoms. The van der Waals surface area contributed by atoms with Crippen molar-refractivity contribution in [3.05, 3.63) is 108 Å². The largest absolute Gasteiger partial charge is 0.497 e. The SMILES string of the molecule is CCOC(=O)c1c(NC(=O)C(OC(C)=O)c2ccccc2)c(-c2ccc(OC)cc2)cn1Cc1ccccc1. The number of nitrogens with one attached hydrogen (secondary N) is 1. The van der Waals surface area contributed by atoms with Crippen molar-refractivity contribution >= 4 is 23.5 Å². The molecule has 3 aromatic carbocycles. The molecule has 4 rings (SSSR count). The van der Waals surface area contributed by atoms with Crippen LogP contribution in [0.4, 0.5) is 5.69 Å². The van der Waals surface area contributed by atoms with Crippen molar-refractivity contribution in [3.63, 3.8) is 0 Å². The van der Waals surface area contributed by atoms with Crippen molar-refractivity contribution < 1.29 is 28.6 Å². The maximum Gasteiger partial charge on any atom is 0.357 e. The minimum absolute atomic E-state index is 0.153. The maximum atomic E-state index is 13.7. The lowest BCUT2D eigenvalue weighted by Crippen LogP contribution is -2.26. The van der Waals surface area contributed by atoms with Crippen LogP contribution in [0.5, 0.6) is 5.75 Å². The number of nitrogens with zero attached hydrogens (tertiary/aromatic N) is 1. The molecule has 0 radical (unpaired) electrons. The van der Waals surface area contributed by atoms with Crippen LogP contribution < -0.4 is 10.1 Å². The van der Waals surface area contributed by atoms with Crippen LogP contribution in [-0.2, 0) is 25.6 Å². The van der Waals surface area contributed by atoms with Crippen molar-refractivity contribution in [1.29, 1.82) is 0 Å². The van der Waals surface area contributed by atoms with E-state index in [0.717, 1.165) is 11.1 Å². The quantitative estimate of drug-likeness (QED) is 0.269. The van der Waals surface area contributed by atoms with E-state index in [2.05, 4.69) is 5.32 Å². The Hall–Kier alpha value is -4.85. The summed E-state index contributed by atoms with van der Waals surface area (Å²) in [5.74, 6) is -1.14. The van der Waals surface area contributed by atoms with E-state index in [4.69, 9.17) is 14.2 Å². The van der Waals surface area contributed by atoms with Crippen LogP contribution >= 0.6 is 0 Å². The Balaban J connectivity index is 1.85. The third kappa shape index (κ3) is 6.54. The molecule has 0 saturated carbocycles. The molecular formula is C31H30N2O6. The van der Waals surface area contributed by atoms with Crippen LogP contribution in [0.2, 0.25) is 0 Å². The Labute approximate surface area is 227 Å². The van der Waals surface area contributed by atoms with Gasteiger partial charge < -0.3 is 24.1 Å². The molecule has 1 N–H and O–H groups in total. The van der Waals surface area contributed by atoms with Gasteiger partial charge in [0.15, 0.2) is 5.69 Å². The highest BCUT2D eigenvalue weighted by Crippen LogP contribution is 2.36. The molecule has 200 valence electrons. The molecule has 8 nitrogen and oxygen atoms in total. The molecule has 8 heteroatoms. The number of esters is 2. The van der Waals surface area contributed by atoms with Gasteiger partial charge in [-0.25, -0.2) is 4.79 Å². The highest BCUT2D eigenvalue weighted by atomic mass is 16.5. The number of hydrogen-bond acceptors (Lipinski definition) is 6. The average Bonchev–Trinajstić information content (AvgIpc) is 3.30. The lowest BCUT2D eigenvalue weighted by molar-refractivity contribution is -0.152. The molecule has 0 bridgehead atoms. The molecule has 0 aliphatic heterocycles. The Morgan fingerprint density at radius 2 is 1.54 bits per heavy atom. The first-order chi connectivity index (χ1) is 18.9. The number of methoxy groups -OCH3 is 1. The Morgan fingerprint density at radius 3 is 2.13 bits per heavy atom. The number of ether oxygens (including phenoxy) is 3. The van der Waals surface area contributed by atoms with Crippen LogP contribution in [-0.4, -0.2) is 36.1 Å². The van der Waals surface area contributed by atoms with Gasteiger partial charge >= 0.3 is 11.9 Å². The number of hydrogen-bond donors (Lipinski definition) is 1. The summed E-state index contributed by atoms with van der Waals surface area (Å²) in [6.45, 7) is 3.48. The van der Waals surface area contributed by atoms with Crippen molar-refractivity contribution in [2.45, 2.75) is 26.5 Å². The molecule has 0 aliphatic rings. The van der Waals surface area contributed by atoms with Gasteiger partial charge in [-0.15, -0.1) is 0 Å². The lowest BCUT2D eigenvalue weighted by atomic mass is 10.1. The van der Waals surface area contributed by atoms with E-state index in [0.29, 0.717) is 23.4 Å². The second-order valence-corrected chi connectivity index (χ2v) is 8.72. The van der Waals surface area contributed by atoms with Gasteiger partial charge in [-0.05, 0) is 30.2 Å². The zero-order valence-electron chi connectivity index (χ0n) is 22.0. The summed E-state index contributed by atoms with van der Waals surface area (Å²) < 4.78 is 17.9. The van der Waals surface area contributed by atoms with Gasteiger partial charge in [-0.3, -0.25) is 9.59 Å². The summed E-state index contributed by atoms with van der Waals surface area (Å²) in [4.78, 5) is 38.9. The topological polar surface area (TPSA) is 95.9 Å². The Morgan fingerprint density at radius 1 is 0.897 bits per heavy atom. The summed E-state index contributed by atoms with van der Waals surface area (Å²) in [6.07, 6.45) is 0.583. The minimum atomic E-state index is -1.22. The van der Waals surface area contributed by atoms with Crippen molar-refractivity contribution in [2.75, 3.05) is 19.0 Å². The zero-order chi connectivity index (χ0) is 27.8. The standard InChI is InChI=1S/C31H30N2O6/c1-4-38-31(36)28-27(32-30(35)29(39-21(2)34)24-13-9-6-10-14-24)26(23-15-17-25(37-3)18-16-23)20-33(28)19-22-11-7-5-8-12-22/h5-18,20,29H,4,19H2,1-3H3,(H,32,35). The summed E-state index contributed by atoms with van der Waals surface area (Å²) in [7, 11) is 1.58. The molecule has 1 amide bonds. The van der Waals surface area contributed by atoms with E-state index < -0.39 is 23.9 Å². The predicted octanol–water partition coefficient (Wildman–Crippen LogP) is 5.63. The summed E-state index contributed by atoms with van der Waals surface area (Å²) >= 11 is 0. The van der Waals surface area contributed by atoms with E-state index in [1.165, 1.54) is 6.92 Å². The predicted molar refractivity (Wildman–Crippen MR) is 147 cm³/mol. The molecule has 0 aliphatic carbocycles. The van der Waals surface area contributed by atoms with Crippen LogP contribution in [0, 0.1) is 0 Å². The van der Waals surface area contributed by atoms with Crippen molar-refractivity contribution in [2.24, 2.45) is 0 Å². The molecule has 4 aromatic rings. The second-order valence-electron chi connectivity index (χ2n) is 8.72. The number of rotatable bonds is 10. The van der Waals surface area contributed by atoms with E-state index in [1.807, 2.05) is 42.5 Å². The van der Waals surface area contributed by atoms with Gasteiger partial charge in [0.2, 0.25) is 6.10 Å². The first-order valence-electron chi connectivity index (χ1n) is 12.5. The second kappa shape index (κ2) is 12.6. The Kier molecular flexibility index (Phi) is 8.78. The smallest absolute Gasteiger partial charge is 0.357 e. The third-order valence-corrected chi connectivity index (χ3v) is 6.02. The normalized spacial score (nSPS) is 11.4. The molecule has 1 atom stereocenters. The van der Waals surface area contributed by atoms with Crippen LogP contribution in [0.25, 0.3) is 11.1 Å². The van der Waals surface area contributed by atoms with E-state index in [1.54, 1.807) is 67.3 Å². The van der Waals surface area contributed by atoms with Gasteiger partial charge in [0.1, 0.15) is 5.75 Å². The molecule has 0 saturated heterocycles. The highest BCUT2D eigenvalue weighted by molar-refractivity contribution is 6.07. The van der Waals surface area contributed by atoms with E-state index in [-0.39, 0.29) is 18.0 Å². The fraction of sp³-hybridized carbons (Fsp3) is 0.194. The first kappa shape index (κ1) is 27.2. The van der Waals surface area contributed by atoms with Crippen LogP contribution in [0.1, 0.15) is 41.6 Å². The summed E-state index contributed by atoms with van der Waals surface area (Å²) in [5, 5.41) is 2.89. The number of benzene rings is 3. The zero-order valence-corrected chi connectivity index (χ0v) is 22.0. The minimum Gasteiger partial charge on any atom is -0.497 e. The molecule has 1 heterocycles. The number of anilines is 1. The molecular weight excluding hydrogens is 496 g/mol. The monoisotopic (exact) mass is 526 g/mol. The number of carbonyl (C=O) groups excluding carboxylic acids is 3. The van der Waals surface area contributed by atoms with E-state index >= 15 is 0 Å². The third-order valence-electron chi connectivity index (χ3n) is 6.02. The number of carbonyl (C=O) groups is 3. The van der Waals surface area contributed by atoms with Gasteiger partial charge in [0.05, 0.1) is 19.4 Å². The highest BCUT2D eigenvalue weighted by Gasteiger charge is 2.30. The number of amides is 1. The number of aromatic nitrogens is 1. The van der Waals surface area contributed by atoms with Crippen molar-refractivity contribution in [3.8, 4) is 16.9 Å². The van der Waals surface area contributed by atoms with Crippen LogP contribution in [0.3, 0.4) is 0 Å². The fourth-order valence-corrected chi connectivity index (χ4v) is 4.25. The average molecular weight is 527 g/mol.